The van der Waals surface area contributed by atoms with Gasteiger partial charge < -0.3 is 0 Å². The fraction of sp³-hybridized carbons (Fsp3) is 0.714. The Morgan fingerprint density at radius 1 is 1.38 bits per heavy atom. The molecule has 1 rings (SSSR count). The van der Waals surface area contributed by atoms with Crippen LogP contribution in [0.1, 0.15) is 20.3 Å². The number of imide groups is 1. The fourth-order valence-corrected chi connectivity index (χ4v) is 2.30. The summed E-state index contributed by atoms with van der Waals surface area (Å²) in [6, 6.07) is -0.748. The van der Waals surface area contributed by atoms with Crippen LogP contribution in [0.2, 0.25) is 0 Å². The van der Waals surface area contributed by atoms with E-state index in [9.17, 15) is 9.59 Å². The Morgan fingerprint density at radius 2 is 1.92 bits per heavy atom. The number of carbonyl (C=O) groups is 2. The summed E-state index contributed by atoms with van der Waals surface area (Å²) in [6.45, 7) is 4.02. The third-order valence-electron chi connectivity index (χ3n) is 1.80. The number of carbonyl (C=O) groups excluding carboxylic acids is 2. The van der Waals surface area contributed by atoms with Gasteiger partial charge in [0, 0.05) is 0 Å². The van der Waals surface area contributed by atoms with Crippen molar-refractivity contribution in [3.05, 3.63) is 0 Å². The maximum absolute atomic E-state index is 11.4. The lowest BCUT2D eigenvalue weighted by Crippen LogP contribution is -2.28. The first-order chi connectivity index (χ1) is 5.95. The fourth-order valence-electron chi connectivity index (χ4n) is 1.18. The Bertz CT molecular complexity index is 245. The Morgan fingerprint density at radius 3 is 2.23 bits per heavy atom. The summed E-state index contributed by atoms with van der Waals surface area (Å²) in [6.07, 6.45) is 0.665. The zero-order valence-corrected chi connectivity index (χ0v) is 10.5. The Hall–Kier alpha value is -0.100. The molecule has 0 unspecified atom stereocenters. The molecule has 0 radical (unpaired) electrons. The highest BCUT2D eigenvalue weighted by Gasteiger charge is 2.43. The molecule has 13 heavy (non-hydrogen) atoms. The lowest BCUT2D eigenvalue weighted by atomic mass is 10.0. The molecule has 1 fully saturated rings. The molecule has 1 heterocycles. The van der Waals surface area contributed by atoms with Crippen LogP contribution >= 0.6 is 32.3 Å². The van der Waals surface area contributed by atoms with E-state index in [0.29, 0.717) is 12.3 Å². The molecule has 0 N–H and O–H groups in total. The van der Waals surface area contributed by atoms with Gasteiger partial charge in [0.1, 0.15) is 6.04 Å². The van der Waals surface area contributed by atoms with Crippen LogP contribution in [-0.4, -0.2) is 25.8 Å². The molecule has 0 bridgehead atoms. The molecule has 0 aliphatic carbocycles. The number of rotatable bonds is 2. The minimum atomic E-state index is -0.383. The predicted molar refractivity (Wildman–Crippen MR) is 55.2 cm³/mol. The summed E-state index contributed by atoms with van der Waals surface area (Å²) >= 11 is 5.97. The number of halogens is 2. The van der Waals surface area contributed by atoms with Gasteiger partial charge in [0.25, 0.3) is 5.91 Å². The quantitative estimate of drug-likeness (QED) is 0.579. The van der Waals surface area contributed by atoms with Crippen molar-refractivity contribution in [2.45, 2.75) is 26.3 Å². The summed E-state index contributed by atoms with van der Waals surface area (Å²) < 4.78 is 2.24. The van der Waals surface area contributed by atoms with Crippen molar-refractivity contribution in [1.29, 1.82) is 0 Å². The monoisotopic (exact) mass is 312 g/mol. The van der Waals surface area contributed by atoms with E-state index in [0.717, 1.165) is 3.93 Å². The van der Waals surface area contributed by atoms with Crippen LogP contribution in [-0.2, 0) is 4.79 Å². The maximum atomic E-state index is 11.4. The van der Waals surface area contributed by atoms with Crippen molar-refractivity contribution in [3.63, 3.8) is 0 Å². The molecule has 0 saturated carbocycles. The number of amides is 3. The van der Waals surface area contributed by atoms with Crippen LogP contribution < -0.4 is 0 Å². The third-order valence-corrected chi connectivity index (χ3v) is 3.25. The third kappa shape index (κ3) is 2.04. The van der Waals surface area contributed by atoms with Crippen LogP contribution in [0.25, 0.3) is 0 Å². The molecule has 0 aromatic rings. The number of hydrogen-bond acceptors (Lipinski definition) is 2. The molecule has 6 heteroatoms. The first kappa shape index (κ1) is 11.0. The van der Waals surface area contributed by atoms with E-state index < -0.39 is 0 Å². The van der Waals surface area contributed by atoms with Gasteiger partial charge in [0.2, 0.25) is 0 Å². The summed E-state index contributed by atoms with van der Waals surface area (Å²) in [4.78, 5) is 22.7. The van der Waals surface area contributed by atoms with Gasteiger partial charge in [0.15, 0.2) is 0 Å². The standard InChI is InChI=1S/C7H10Br2N2O2/c1-4(2)3-5-6(12)11(9)7(13)10(5)8/h4-5H,3H2,1-2H3/t5-/m0/s1. The molecule has 1 aliphatic heterocycles. The van der Waals surface area contributed by atoms with E-state index >= 15 is 0 Å². The van der Waals surface area contributed by atoms with Crippen LogP contribution in [0, 0.1) is 5.92 Å². The van der Waals surface area contributed by atoms with Gasteiger partial charge in [0.05, 0.1) is 32.3 Å². The Labute approximate surface area is 93.9 Å². The normalized spacial score (nSPS) is 23.6. The highest BCUT2D eigenvalue weighted by Crippen LogP contribution is 2.27. The summed E-state index contributed by atoms with van der Waals surface area (Å²) in [7, 11) is 0. The summed E-state index contributed by atoms with van der Waals surface area (Å²) in [5.74, 6) is 0.163. The predicted octanol–water partition coefficient (Wildman–Crippen LogP) is 2.29. The SMILES string of the molecule is CC(C)C[C@H]1C(=O)N(Br)C(=O)N1Br. The van der Waals surface area contributed by atoms with E-state index in [2.05, 4.69) is 32.3 Å². The van der Waals surface area contributed by atoms with Crippen LogP contribution in [0.4, 0.5) is 4.79 Å². The molecular formula is C7H10Br2N2O2. The minimum absolute atomic E-state index is 0.212. The van der Waals surface area contributed by atoms with Crippen LogP contribution in [0.15, 0.2) is 0 Å². The second-order valence-corrected chi connectivity index (χ2v) is 4.83. The molecule has 1 atom stereocenters. The lowest BCUT2D eigenvalue weighted by molar-refractivity contribution is -0.124. The van der Waals surface area contributed by atoms with Gasteiger partial charge >= 0.3 is 6.03 Å². The molecule has 3 amide bonds. The van der Waals surface area contributed by atoms with Crippen molar-refractivity contribution < 1.29 is 9.59 Å². The second kappa shape index (κ2) is 3.96. The molecule has 1 saturated heterocycles. The Balaban J connectivity index is 2.75. The molecule has 74 valence electrons. The minimum Gasteiger partial charge on any atom is -0.271 e. The highest BCUT2D eigenvalue weighted by atomic mass is 79.9. The summed E-state index contributed by atoms with van der Waals surface area (Å²) in [5.41, 5.74) is 0. The van der Waals surface area contributed by atoms with Gasteiger partial charge in [-0.2, -0.15) is 3.93 Å². The van der Waals surface area contributed by atoms with Crippen molar-refractivity contribution in [3.8, 4) is 0 Å². The zero-order valence-electron chi connectivity index (χ0n) is 7.33. The average molecular weight is 314 g/mol. The van der Waals surface area contributed by atoms with E-state index in [1.165, 1.54) is 3.93 Å². The second-order valence-electron chi connectivity index (χ2n) is 3.36. The van der Waals surface area contributed by atoms with Crippen LogP contribution in [0.3, 0.4) is 0 Å². The highest BCUT2D eigenvalue weighted by molar-refractivity contribution is 9.08. The van der Waals surface area contributed by atoms with Crippen molar-refractivity contribution >= 4 is 44.2 Å². The molecule has 0 spiro atoms. The first-order valence-electron chi connectivity index (χ1n) is 3.94. The molecule has 0 aromatic heterocycles. The molecule has 0 aromatic carbocycles. The molecular weight excluding hydrogens is 304 g/mol. The van der Waals surface area contributed by atoms with Crippen LogP contribution in [0.5, 0.6) is 0 Å². The lowest BCUT2D eigenvalue weighted by Gasteiger charge is -2.14. The largest absolute Gasteiger partial charge is 0.347 e. The van der Waals surface area contributed by atoms with Gasteiger partial charge in [-0.15, -0.1) is 0 Å². The van der Waals surface area contributed by atoms with Gasteiger partial charge in [-0.05, 0) is 12.3 Å². The Kier molecular flexibility index (Phi) is 3.34. The van der Waals surface area contributed by atoms with E-state index in [1.54, 1.807) is 0 Å². The van der Waals surface area contributed by atoms with Gasteiger partial charge in [-0.3, -0.25) is 4.79 Å². The van der Waals surface area contributed by atoms with Gasteiger partial charge in [-0.1, -0.05) is 13.8 Å². The number of nitrogens with zero attached hydrogens (tertiary/aromatic N) is 2. The van der Waals surface area contributed by atoms with E-state index in [4.69, 9.17) is 0 Å². The van der Waals surface area contributed by atoms with Crippen molar-refractivity contribution in [2.24, 2.45) is 5.92 Å². The number of hydrogen-bond donors (Lipinski definition) is 0. The topological polar surface area (TPSA) is 40.6 Å². The zero-order chi connectivity index (χ0) is 10.2. The van der Waals surface area contributed by atoms with Crippen molar-refractivity contribution in [1.82, 2.24) is 7.85 Å². The first-order valence-corrected chi connectivity index (χ1v) is 5.35. The molecule has 1 aliphatic rings. The summed E-state index contributed by atoms with van der Waals surface area (Å²) in [5, 5.41) is 0. The smallest absolute Gasteiger partial charge is 0.271 e. The van der Waals surface area contributed by atoms with E-state index in [-0.39, 0.29) is 18.0 Å². The average Bonchev–Trinajstić information content (AvgIpc) is 2.22. The number of urea groups is 1. The molecule has 4 nitrogen and oxygen atoms in total. The maximum Gasteiger partial charge on any atom is 0.347 e. The van der Waals surface area contributed by atoms with E-state index in [1.807, 2.05) is 13.8 Å². The van der Waals surface area contributed by atoms with Crippen molar-refractivity contribution in [2.75, 3.05) is 0 Å². The van der Waals surface area contributed by atoms with Gasteiger partial charge in [-0.25, -0.2) is 8.72 Å².